The SMILES string of the molecule is CC(C)OCCCNCc1ccc(S(N)(=O)=O)o1. The number of sulfonamides is 1. The van der Waals surface area contributed by atoms with Gasteiger partial charge in [0, 0.05) is 6.61 Å². The van der Waals surface area contributed by atoms with E-state index in [0.29, 0.717) is 18.9 Å². The van der Waals surface area contributed by atoms with E-state index in [4.69, 9.17) is 14.3 Å². The van der Waals surface area contributed by atoms with Crippen LogP contribution in [-0.4, -0.2) is 27.7 Å². The number of rotatable bonds is 8. The van der Waals surface area contributed by atoms with E-state index in [9.17, 15) is 8.42 Å². The molecule has 18 heavy (non-hydrogen) atoms. The molecule has 3 N–H and O–H groups in total. The molecule has 0 aromatic carbocycles. The first-order valence-corrected chi connectivity index (χ1v) is 7.38. The molecule has 7 heteroatoms. The fraction of sp³-hybridized carbons (Fsp3) is 0.636. The van der Waals surface area contributed by atoms with Crippen molar-refractivity contribution in [2.45, 2.75) is 38.0 Å². The first-order chi connectivity index (χ1) is 8.39. The highest BCUT2D eigenvalue weighted by Gasteiger charge is 2.12. The molecule has 104 valence electrons. The summed E-state index contributed by atoms with van der Waals surface area (Å²) in [6, 6.07) is 2.95. The topological polar surface area (TPSA) is 94.6 Å². The highest BCUT2D eigenvalue weighted by Crippen LogP contribution is 2.11. The zero-order valence-corrected chi connectivity index (χ0v) is 11.5. The van der Waals surface area contributed by atoms with Crippen LogP contribution >= 0.6 is 0 Å². The highest BCUT2D eigenvalue weighted by atomic mass is 32.2. The molecule has 0 aliphatic heterocycles. The summed E-state index contributed by atoms with van der Waals surface area (Å²) in [5, 5.41) is 7.86. The summed E-state index contributed by atoms with van der Waals surface area (Å²) in [4.78, 5) is 0. The lowest BCUT2D eigenvalue weighted by atomic mass is 10.4. The van der Waals surface area contributed by atoms with Crippen molar-refractivity contribution in [1.82, 2.24) is 5.32 Å². The molecule has 1 aromatic heterocycles. The van der Waals surface area contributed by atoms with Crippen LogP contribution in [0, 0.1) is 0 Å². The molecule has 0 spiro atoms. The molecule has 0 unspecified atom stereocenters. The lowest BCUT2D eigenvalue weighted by Crippen LogP contribution is -2.17. The van der Waals surface area contributed by atoms with Crippen LogP contribution in [0.3, 0.4) is 0 Å². The number of hydrogen-bond acceptors (Lipinski definition) is 5. The maximum absolute atomic E-state index is 11.0. The molecule has 0 radical (unpaired) electrons. The first kappa shape index (κ1) is 15.2. The van der Waals surface area contributed by atoms with Crippen molar-refractivity contribution in [3.05, 3.63) is 17.9 Å². The van der Waals surface area contributed by atoms with Crippen LogP contribution in [0.15, 0.2) is 21.6 Å². The van der Waals surface area contributed by atoms with E-state index in [1.54, 1.807) is 6.07 Å². The van der Waals surface area contributed by atoms with Crippen LogP contribution < -0.4 is 10.5 Å². The molecule has 1 rings (SSSR count). The number of hydrogen-bond donors (Lipinski definition) is 2. The van der Waals surface area contributed by atoms with E-state index < -0.39 is 10.0 Å². The molecule has 1 aromatic rings. The van der Waals surface area contributed by atoms with Crippen molar-refractivity contribution in [1.29, 1.82) is 0 Å². The van der Waals surface area contributed by atoms with Crippen LogP contribution in [0.25, 0.3) is 0 Å². The number of furan rings is 1. The van der Waals surface area contributed by atoms with Crippen molar-refractivity contribution < 1.29 is 17.6 Å². The quantitative estimate of drug-likeness (QED) is 0.686. The van der Waals surface area contributed by atoms with Crippen LogP contribution in [0.5, 0.6) is 0 Å². The van der Waals surface area contributed by atoms with Gasteiger partial charge in [-0.05, 0) is 38.9 Å². The zero-order valence-electron chi connectivity index (χ0n) is 10.7. The van der Waals surface area contributed by atoms with Gasteiger partial charge in [-0.25, -0.2) is 13.6 Å². The minimum atomic E-state index is -3.75. The summed E-state index contributed by atoms with van der Waals surface area (Å²) in [6.07, 6.45) is 1.13. The predicted molar refractivity (Wildman–Crippen MR) is 67.5 cm³/mol. The lowest BCUT2D eigenvalue weighted by molar-refractivity contribution is 0.0770. The molecule has 0 amide bonds. The van der Waals surface area contributed by atoms with E-state index in [2.05, 4.69) is 5.32 Å². The monoisotopic (exact) mass is 276 g/mol. The lowest BCUT2D eigenvalue weighted by Gasteiger charge is -2.07. The molecule has 0 saturated heterocycles. The summed E-state index contributed by atoms with van der Waals surface area (Å²) in [5.41, 5.74) is 0. The van der Waals surface area contributed by atoms with Crippen molar-refractivity contribution >= 4 is 10.0 Å². The number of nitrogens with one attached hydrogen (secondary N) is 1. The van der Waals surface area contributed by atoms with Crippen LogP contribution in [0.2, 0.25) is 0 Å². The van der Waals surface area contributed by atoms with Gasteiger partial charge in [0.25, 0.3) is 10.0 Å². The Morgan fingerprint density at radius 2 is 2.17 bits per heavy atom. The number of ether oxygens (including phenoxy) is 1. The third kappa shape index (κ3) is 5.63. The average Bonchev–Trinajstić information content (AvgIpc) is 2.71. The molecule has 0 fully saturated rings. The van der Waals surface area contributed by atoms with E-state index in [0.717, 1.165) is 13.0 Å². The first-order valence-electron chi connectivity index (χ1n) is 5.83. The number of primary sulfonamides is 1. The Labute approximate surface area is 108 Å². The maximum atomic E-state index is 11.0. The largest absolute Gasteiger partial charge is 0.447 e. The second-order valence-corrected chi connectivity index (χ2v) is 5.71. The van der Waals surface area contributed by atoms with Crippen molar-refractivity contribution in [3.63, 3.8) is 0 Å². The van der Waals surface area contributed by atoms with Gasteiger partial charge < -0.3 is 14.5 Å². The van der Waals surface area contributed by atoms with Gasteiger partial charge in [0.05, 0.1) is 12.6 Å². The second-order valence-electron chi connectivity index (χ2n) is 4.22. The van der Waals surface area contributed by atoms with Crippen LogP contribution in [0.4, 0.5) is 0 Å². The predicted octanol–water partition coefficient (Wildman–Crippen LogP) is 0.832. The standard InChI is InChI=1S/C11H20N2O4S/c1-9(2)16-7-3-6-13-8-10-4-5-11(17-10)18(12,14)15/h4-5,9,13H,3,6-8H2,1-2H3,(H2,12,14,15). The molecule has 0 aliphatic carbocycles. The fourth-order valence-electron chi connectivity index (χ4n) is 1.33. The smallest absolute Gasteiger partial charge is 0.271 e. The van der Waals surface area contributed by atoms with E-state index in [1.165, 1.54) is 6.07 Å². The van der Waals surface area contributed by atoms with Crippen molar-refractivity contribution in [2.24, 2.45) is 5.14 Å². The minimum Gasteiger partial charge on any atom is -0.447 e. The molecule has 0 atom stereocenters. The normalized spacial score (nSPS) is 12.2. The Hall–Kier alpha value is -0.890. The second kappa shape index (κ2) is 6.89. The van der Waals surface area contributed by atoms with E-state index in [-0.39, 0.29) is 11.2 Å². The third-order valence-corrected chi connectivity index (χ3v) is 2.95. The van der Waals surface area contributed by atoms with Gasteiger partial charge in [0.1, 0.15) is 5.76 Å². The van der Waals surface area contributed by atoms with Gasteiger partial charge in [-0.1, -0.05) is 0 Å². The van der Waals surface area contributed by atoms with Crippen molar-refractivity contribution in [3.8, 4) is 0 Å². The Morgan fingerprint density at radius 1 is 1.44 bits per heavy atom. The summed E-state index contributed by atoms with van der Waals surface area (Å²) >= 11 is 0. The molecule has 0 saturated carbocycles. The van der Waals surface area contributed by atoms with Gasteiger partial charge in [-0.15, -0.1) is 0 Å². The average molecular weight is 276 g/mol. The Kier molecular flexibility index (Phi) is 5.80. The van der Waals surface area contributed by atoms with Gasteiger partial charge in [-0.2, -0.15) is 0 Å². The zero-order chi connectivity index (χ0) is 13.6. The van der Waals surface area contributed by atoms with Crippen LogP contribution in [0.1, 0.15) is 26.0 Å². The summed E-state index contributed by atoms with van der Waals surface area (Å²) in [5.74, 6) is 0.545. The molecule has 1 heterocycles. The van der Waals surface area contributed by atoms with Gasteiger partial charge in [-0.3, -0.25) is 0 Å². The molecular weight excluding hydrogens is 256 g/mol. The van der Waals surface area contributed by atoms with Gasteiger partial charge in [0.2, 0.25) is 5.09 Å². The third-order valence-electron chi connectivity index (χ3n) is 2.17. The maximum Gasteiger partial charge on any atom is 0.271 e. The molecule has 0 aliphatic rings. The molecule has 6 nitrogen and oxygen atoms in total. The minimum absolute atomic E-state index is 0.206. The summed E-state index contributed by atoms with van der Waals surface area (Å²) in [7, 11) is -3.75. The van der Waals surface area contributed by atoms with Gasteiger partial charge >= 0.3 is 0 Å². The Balaban J connectivity index is 2.22. The Bertz CT molecular complexity index is 453. The molecular formula is C11H20N2O4S. The molecule has 0 bridgehead atoms. The van der Waals surface area contributed by atoms with E-state index >= 15 is 0 Å². The Morgan fingerprint density at radius 3 is 2.72 bits per heavy atom. The fourth-order valence-corrected chi connectivity index (χ4v) is 1.81. The summed E-state index contributed by atoms with van der Waals surface area (Å²) in [6.45, 7) is 5.93. The summed E-state index contributed by atoms with van der Waals surface area (Å²) < 4.78 is 32.4. The van der Waals surface area contributed by atoms with Gasteiger partial charge in [0.15, 0.2) is 0 Å². The van der Waals surface area contributed by atoms with Crippen LogP contribution in [-0.2, 0) is 21.3 Å². The highest BCUT2D eigenvalue weighted by molar-refractivity contribution is 7.89. The van der Waals surface area contributed by atoms with Crippen molar-refractivity contribution in [2.75, 3.05) is 13.2 Å². The van der Waals surface area contributed by atoms with E-state index in [1.807, 2.05) is 13.8 Å². The number of nitrogens with two attached hydrogens (primary N) is 1.